The Hall–Kier alpha value is -2.82. The Bertz CT molecular complexity index is 1050. The first-order valence-electron chi connectivity index (χ1n) is 9.61. The molecule has 0 saturated heterocycles. The highest BCUT2D eigenvalue weighted by molar-refractivity contribution is 6.30. The fourth-order valence-corrected chi connectivity index (χ4v) is 3.74. The Morgan fingerprint density at radius 1 is 1.03 bits per heavy atom. The third kappa shape index (κ3) is 4.29. The van der Waals surface area contributed by atoms with Crippen molar-refractivity contribution in [3.63, 3.8) is 0 Å². The van der Waals surface area contributed by atoms with Gasteiger partial charge in [0.25, 0.3) is 0 Å². The Morgan fingerprint density at radius 2 is 1.83 bits per heavy atom. The monoisotopic (exact) mass is 408 g/mol. The zero-order chi connectivity index (χ0) is 20.4. The molecule has 3 N–H and O–H groups in total. The van der Waals surface area contributed by atoms with Crippen molar-refractivity contribution in [3.8, 4) is 5.75 Å². The van der Waals surface area contributed by atoms with Crippen LogP contribution in [0.5, 0.6) is 5.75 Å². The van der Waals surface area contributed by atoms with Gasteiger partial charge in [0.05, 0.1) is 6.04 Å². The first-order valence-corrected chi connectivity index (χ1v) is 9.99. The van der Waals surface area contributed by atoms with Crippen LogP contribution < -0.4 is 10.6 Å². The fraction of sp³-hybridized carbons (Fsp3) is 0.167. The molecule has 0 amide bonds. The second kappa shape index (κ2) is 8.27. The van der Waals surface area contributed by atoms with Crippen molar-refractivity contribution >= 4 is 17.3 Å². The summed E-state index contributed by atoms with van der Waals surface area (Å²) in [5.74, 6) is -0.139. The second-order valence-corrected chi connectivity index (χ2v) is 7.55. The molecule has 1 aliphatic rings. The molecule has 4 rings (SSSR count). The van der Waals surface area contributed by atoms with E-state index in [1.165, 1.54) is 17.7 Å². The number of phenolic OH excluding ortho intramolecular Hbond substituents is 1. The van der Waals surface area contributed by atoms with Gasteiger partial charge in [-0.15, -0.1) is 0 Å². The topological polar surface area (TPSA) is 44.3 Å². The molecule has 3 aromatic rings. The molecule has 1 aliphatic heterocycles. The molecule has 3 nitrogen and oxygen atoms in total. The average molecular weight is 409 g/mol. The van der Waals surface area contributed by atoms with Gasteiger partial charge in [0.15, 0.2) is 0 Å². The lowest BCUT2D eigenvalue weighted by atomic mass is 9.97. The maximum absolute atomic E-state index is 13.8. The van der Waals surface area contributed by atoms with Crippen LogP contribution in [0, 0.1) is 5.82 Å². The molecule has 29 heavy (non-hydrogen) atoms. The molecule has 148 valence electrons. The van der Waals surface area contributed by atoms with Gasteiger partial charge < -0.3 is 10.4 Å². The van der Waals surface area contributed by atoms with Crippen molar-refractivity contribution < 1.29 is 9.50 Å². The summed E-state index contributed by atoms with van der Waals surface area (Å²) >= 11 is 6.17. The summed E-state index contributed by atoms with van der Waals surface area (Å²) in [5, 5.41) is 17.8. The van der Waals surface area contributed by atoms with Gasteiger partial charge in [0, 0.05) is 16.3 Å². The summed E-state index contributed by atoms with van der Waals surface area (Å²) in [6.45, 7) is 2.12. The van der Waals surface area contributed by atoms with Gasteiger partial charge in [-0.25, -0.2) is 4.39 Å². The quantitative estimate of drug-likeness (QED) is 0.517. The molecule has 5 heteroatoms. The van der Waals surface area contributed by atoms with E-state index >= 15 is 0 Å². The van der Waals surface area contributed by atoms with Crippen molar-refractivity contribution in [2.24, 2.45) is 0 Å². The lowest BCUT2D eigenvalue weighted by Crippen LogP contribution is -2.39. The third-order valence-electron chi connectivity index (χ3n) is 5.16. The molecular weight excluding hydrogens is 387 g/mol. The Balaban J connectivity index is 1.76. The van der Waals surface area contributed by atoms with Gasteiger partial charge in [-0.05, 0) is 59.5 Å². The van der Waals surface area contributed by atoms with Crippen LogP contribution in [-0.2, 0) is 6.42 Å². The van der Waals surface area contributed by atoms with E-state index in [4.69, 9.17) is 11.6 Å². The lowest BCUT2D eigenvalue weighted by Gasteiger charge is -2.33. The molecule has 3 aromatic carbocycles. The van der Waals surface area contributed by atoms with Crippen LogP contribution in [0.15, 0.2) is 72.8 Å². The maximum atomic E-state index is 13.8. The van der Waals surface area contributed by atoms with Gasteiger partial charge >= 0.3 is 0 Å². The average Bonchev–Trinajstić information content (AvgIpc) is 2.75. The number of halogens is 2. The third-order valence-corrected chi connectivity index (χ3v) is 5.39. The molecule has 0 spiro atoms. The summed E-state index contributed by atoms with van der Waals surface area (Å²) in [6, 6.07) is 19.5. The van der Waals surface area contributed by atoms with Crippen LogP contribution in [0.4, 0.5) is 4.39 Å². The molecule has 0 bridgehead atoms. The van der Waals surface area contributed by atoms with Crippen LogP contribution in [0.1, 0.15) is 41.4 Å². The Kier molecular flexibility index (Phi) is 5.56. The van der Waals surface area contributed by atoms with Crippen LogP contribution in [0.2, 0.25) is 5.02 Å². The molecule has 2 atom stereocenters. The first-order chi connectivity index (χ1) is 14.0. The number of aromatic hydroxyl groups is 1. The number of hydrogen-bond donors (Lipinski definition) is 3. The van der Waals surface area contributed by atoms with Crippen molar-refractivity contribution in [2.45, 2.75) is 25.6 Å². The summed E-state index contributed by atoms with van der Waals surface area (Å²) < 4.78 is 13.8. The summed E-state index contributed by atoms with van der Waals surface area (Å²) in [5.41, 5.74) is 4.63. The van der Waals surface area contributed by atoms with Crippen molar-refractivity contribution in [1.82, 2.24) is 10.6 Å². The van der Waals surface area contributed by atoms with Crippen LogP contribution in [0.3, 0.4) is 0 Å². The van der Waals surface area contributed by atoms with Crippen LogP contribution in [-0.4, -0.2) is 5.11 Å². The first kappa shape index (κ1) is 19.5. The maximum Gasteiger partial charge on any atom is 0.123 e. The van der Waals surface area contributed by atoms with Gasteiger partial charge in [-0.2, -0.15) is 0 Å². The number of phenols is 1. The number of aryl methyl sites for hydroxylation is 1. The van der Waals surface area contributed by atoms with Crippen LogP contribution in [0.25, 0.3) is 5.70 Å². The summed E-state index contributed by atoms with van der Waals surface area (Å²) in [4.78, 5) is 0. The number of nitrogens with one attached hydrogen (secondary N) is 2. The number of benzene rings is 3. The van der Waals surface area contributed by atoms with E-state index in [1.807, 2.05) is 12.1 Å². The molecule has 0 fully saturated rings. The minimum atomic E-state index is -0.333. The second-order valence-electron chi connectivity index (χ2n) is 7.11. The summed E-state index contributed by atoms with van der Waals surface area (Å²) in [7, 11) is 0. The van der Waals surface area contributed by atoms with E-state index in [2.05, 4.69) is 41.8 Å². The number of hydrogen-bond acceptors (Lipinski definition) is 3. The molecule has 0 aromatic heterocycles. The normalized spacial score (nSPS) is 18.8. The highest BCUT2D eigenvalue weighted by Crippen LogP contribution is 2.34. The predicted molar refractivity (Wildman–Crippen MR) is 115 cm³/mol. The fourth-order valence-electron chi connectivity index (χ4n) is 3.56. The Labute approximate surface area is 174 Å². The molecule has 0 radical (unpaired) electrons. The zero-order valence-electron chi connectivity index (χ0n) is 16.0. The smallest absolute Gasteiger partial charge is 0.123 e. The van der Waals surface area contributed by atoms with E-state index in [1.54, 1.807) is 24.3 Å². The molecular formula is C24H22ClFN2O. The SMILES string of the molecule is CCc1ccc(C2=CC(c3cc(Cl)ccc3O)NC(c3cccc(F)c3)N2)cc1. The van der Waals surface area contributed by atoms with Gasteiger partial charge in [0.1, 0.15) is 17.7 Å². The van der Waals surface area contributed by atoms with Crippen molar-refractivity contribution in [3.05, 3.63) is 106 Å². The van der Waals surface area contributed by atoms with E-state index in [9.17, 15) is 9.50 Å². The minimum Gasteiger partial charge on any atom is -0.508 e. The standard InChI is InChI=1S/C24H22ClFN2O/c1-2-15-6-8-16(9-7-15)21-14-22(20-13-18(25)10-11-23(20)29)28-24(27-21)17-4-3-5-19(26)12-17/h3-14,22,24,27-29H,2H2,1H3. The van der Waals surface area contributed by atoms with E-state index < -0.39 is 0 Å². The number of rotatable bonds is 4. The van der Waals surface area contributed by atoms with Gasteiger partial charge in [-0.1, -0.05) is 54.9 Å². The molecule has 0 aliphatic carbocycles. The molecule has 0 saturated carbocycles. The summed E-state index contributed by atoms with van der Waals surface area (Å²) in [6.07, 6.45) is 2.65. The van der Waals surface area contributed by atoms with Crippen LogP contribution >= 0.6 is 11.6 Å². The Morgan fingerprint density at radius 3 is 2.55 bits per heavy atom. The zero-order valence-corrected chi connectivity index (χ0v) is 16.7. The largest absolute Gasteiger partial charge is 0.508 e. The van der Waals surface area contributed by atoms with E-state index in [0.717, 1.165) is 23.2 Å². The predicted octanol–water partition coefficient (Wildman–Crippen LogP) is 5.72. The molecule has 2 unspecified atom stereocenters. The lowest BCUT2D eigenvalue weighted by molar-refractivity contribution is 0.418. The van der Waals surface area contributed by atoms with E-state index in [0.29, 0.717) is 10.6 Å². The highest BCUT2D eigenvalue weighted by Gasteiger charge is 2.26. The minimum absolute atomic E-state index is 0.156. The van der Waals surface area contributed by atoms with Gasteiger partial charge in [0.2, 0.25) is 0 Å². The van der Waals surface area contributed by atoms with Gasteiger partial charge in [-0.3, -0.25) is 5.32 Å². The van der Waals surface area contributed by atoms with Crippen molar-refractivity contribution in [2.75, 3.05) is 0 Å². The highest BCUT2D eigenvalue weighted by atomic mass is 35.5. The molecule has 1 heterocycles. The van der Waals surface area contributed by atoms with Crippen molar-refractivity contribution in [1.29, 1.82) is 0 Å². The van der Waals surface area contributed by atoms with E-state index in [-0.39, 0.29) is 23.8 Å².